The van der Waals surface area contributed by atoms with Gasteiger partial charge < -0.3 is 10.7 Å². The first kappa shape index (κ1) is 7.47. The summed E-state index contributed by atoms with van der Waals surface area (Å²) in [5, 5.41) is 2.39. The minimum absolute atomic E-state index is 0.628. The number of nitrogens with two attached hydrogens (primary N) is 1. The lowest BCUT2D eigenvalue weighted by molar-refractivity contribution is 0.695. The molecule has 1 aliphatic carbocycles. The summed E-state index contributed by atoms with van der Waals surface area (Å²) in [7, 11) is 0. The molecule has 2 nitrogen and oxygen atoms in total. The van der Waals surface area contributed by atoms with Gasteiger partial charge in [-0.2, -0.15) is 0 Å². The van der Waals surface area contributed by atoms with Crippen LogP contribution >= 0.6 is 0 Å². The molecule has 0 saturated heterocycles. The maximum Gasteiger partial charge on any atom is 0.0433 e. The Balaban J connectivity index is 2.73. The largest absolute Gasteiger partial charge is 0.401 e. The van der Waals surface area contributed by atoms with E-state index in [1.54, 1.807) is 0 Å². The number of H-pyrrole nitrogens is 1. The van der Waals surface area contributed by atoms with Crippen molar-refractivity contribution in [3.63, 3.8) is 0 Å². The van der Waals surface area contributed by atoms with Crippen LogP contribution in [0.3, 0.4) is 0 Å². The van der Waals surface area contributed by atoms with Crippen molar-refractivity contribution in [3.05, 3.63) is 22.8 Å². The number of fused-ring (bicyclic) bond motifs is 1. The molecule has 0 aromatic carbocycles. The fraction of sp³-hybridized carbons (Fsp3) is 0.400. The minimum atomic E-state index is 0.628. The molecule has 2 heteroatoms. The Kier molecular flexibility index (Phi) is 1.68. The summed E-state index contributed by atoms with van der Waals surface area (Å²) in [6.45, 7) is 2.23. The Morgan fingerprint density at radius 3 is 3.25 bits per heavy atom. The predicted molar refractivity (Wildman–Crippen MR) is 50.5 cm³/mol. The fourth-order valence-corrected chi connectivity index (χ4v) is 1.69. The number of aromatic nitrogens is 1. The number of hydrogen-bond donors (Lipinski definition) is 2. The molecule has 1 heterocycles. The summed E-state index contributed by atoms with van der Waals surface area (Å²) >= 11 is 0. The van der Waals surface area contributed by atoms with E-state index in [-0.39, 0.29) is 0 Å². The van der Waals surface area contributed by atoms with Crippen molar-refractivity contribution in [1.82, 2.24) is 4.98 Å². The molecule has 64 valence electrons. The molecule has 1 unspecified atom stereocenters. The number of aromatic amines is 1. The molecule has 0 bridgehead atoms. The lowest BCUT2D eigenvalue weighted by Gasteiger charge is -2.01. The van der Waals surface area contributed by atoms with E-state index in [9.17, 15) is 0 Å². The van der Waals surface area contributed by atoms with Crippen molar-refractivity contribution in [1.29, 1.82) is 0 Å². The van der Waals surface area contributed by atoms with Gasteiger partial charge in [0.2, 0.25) is 0 Å². The monoisotopic (exact) mass is 162 g/mol. The van der Waals surface area contributed by atoms with Crippen LogP contribution in [0.1, 0.15) is 19.8 Å². The summed E-state index contributed by atoms with van der Waals surface area (Å²) in [4.78, 5) is 3.20. The molecule has 0 spiro atoms. The Hall–Kier alpha value is -1.18. The highest BCUT2D eigenvalue weighted by atomic mass is 14.7. The van der Waals surface area contributed by atoms with Gasteiger partial charge in [0.05, 0.1) is 0 Å². The highest BCUT2D eigenvalue weighted by molar-refractivity contribution is 5.44. The normalized spacial score (nSPS) is 22.8. The Labute approximate surface area is 71.8 Å². The standard InChI is InChI=1S/C10H14N2/c1-7-2-3-9(11)8-4-5-12-10(8)6-7/h4-7,12H,2-3,11H2,1H3. The zero-order valence-electron chi connectivity index (χ0n) is 7.30. The van der Waals surface area contributed by atoms with Gasteiger partial charge in [-0.05, 0) is 24.8 Å². The first-order valence-corrected chi connectivity index (χ1v) is 4.41. The van der Waals surface area contributed by atoms with E-state index in [1.807, 2.05) is 6.20 Å². The van der Waals surface area contributed by atoms with Crippen LogP contribution in [0.25, 0.3) is 11.8 Å². The smallest absolute Gasteiger partial charge is 0.0433 e. The summed E-state index contributed by atoms with van der Waals surface area (Å²) < 4.78 is 0. The van der Waals surface area contributed by atoms with Gasteiger partial charge in [-0.25, -0.2) is 0 Å². The molecule has 1 atom stereocenters. The molecule has 2 rings (SSSR count). The fourth-order valence-electron chi connectivity index (χ4n) is 1.69. The van der Waals surface area contributed by atoms with E-state index in [1.165, 1.54) is 10.6 Å². The molecule has 1 aromatic heterocycles. The lowest BCUT2D eigenvalue weighted by atomic mass is 10.1. The van der Waals surface area contributed by atoms with Crippen LogP contribution in [0.15, 0.2) is 12.3 Å². The highest BCUT2D eigenvalue weighted by Crippen LogP contribution is 2.10. The third-order valence-corrected chi connectivity index (χ3v) is 2.45. The zero-order chi connectivity index (χ0) is 8.55. The highest BCUT2D eigenvalue weighted by Gasteiger charge is 2.05. The molecule has 12 heavy (non-hydrogen) atoms. The summed E-state index contributed by atoms with van der Waals surface area (Å²) in [6.07, 6.45) is 6.39. The third kappa shape index (κ3) is 1.13. The van der Waals surface area contributed by atoms with Crippen LogP contribution in [0, 0.1) is 5.92 Å². The van der Waals surface area contributed by atoms with E-state index >= 15 is 0 Å². The molecule has 0 fully saturated rings. The van der Waals surface area contributed by atoms with E-state index in [2.05, 4.69) is 24.1 Å². The molecule has 1 aliphatic rings. The first-order valence-electron chi connectivity index (χ1n) is 4.41. The van der Waals surface area contributed by atoms with Crippen LogP contribution in [0.5, 0.6) is 0 Å². The van der Waals surface area contributed by atoms with Gasteiger partial charge in [0.25, 0.3) is 0 Å². The van der Waals surface area contributed by atoms with Crippen molar-refractivity contribution in [2.45, 2.75) is 19.8 Å². The Morgan fingerprint density at radius 2 is 2.42 bits per heavy atom. The van der Waals surface area contributed by atoms with E-state index in [0.717, 1.165) is 18.5 Å². The average Bonchev–Trinajstić information content (AvgIpc) is 2.44. The lowest BCUT2D eigenvalue weighted by Crippen LogP contribution is -2.26. The van der Waals surface area contributed by atoms with Crippen molar-refractivity contribution in [3.8, 4) is 0 Å². The van der Waals surface area contributed by atoms with Crippen molar-refractivity contribution < 1.29 is 0 Å². The summed E-state index contributed by atoms with van der Waals surface area (Å²) in [5.41, 5.74) is 6.95. The maximum absolute atomic E-state index is 5.93. The number of rotatable bonds is 0. The van der Waals surface area contributed by atoms with Crippen molar-refractivity contribution in [2.24, 2.45) is 11.7 Å². The number of nitrogens with one attached hydrogen (secondary N) is 1. The van der Waals surface area contributed by atoms with Gasteiger partial charge in [0.1, 0.15) is 0 Å². The Bertz CT molecular complexity index is 386. The summed E-state index contributed by atoms with van der Waals surface area (Å²) in [5.74, 6) is 0.628. The topological polar surface area (TPSA) is 41.8 Å². The maximum atomic E-state index is 5.93. The van der Waals surface area contributed by atoms with Gasteiger partial charge >= 0.3 is 0 Å². The Morgan fingerprint density at radius 1 is 1.58 bits per heavy atom. The molecule has 1 aromatic rings. The first-order chi connectivity index (χ1) is 5.77. The van der Waals surface area contributed by atoms with Gasteiger partial charge in [-0.3, -0.25) is 0 Å². The molecule has 3 N–H and O–H groups in total. The number of hydrogen-bond acceptors (Lipinski definition) is 1. The quantitative estimate of drug-likeness (QED) is 0.565. The van der Waals surface area contributed by atoms with Crippen molar-refractivity contribution >= 4 is 11.8 Å². The van der Waals surface area contributed by atoms with E-state index in [4.69, 9.17) is 5.73 Å². The van der Waals surface area contributed by atoms with E-state index in [0.29, 0.717) is 5.92 Å². The van der Waals surface area contributed by atoms with Crippen LogP contribution in [-0.4, -0.2) is 4.98 Å². The molecule has 0 saturated carbocycles. The van der Waals surface area contributed by atoms with Crippen LogP contribution in [0.4, 0.5) is 0 Å². The van der Waals surface area contributed by atoms with Crippen LogP contribution in [-0.2, 0) is 0 Å². The second-order valence-corrected chi connectivity index (χ2v) is 3.51. The minimum Gasteiger partial charge on any atom is -0.401 e. The molecule has 0 radical (unpaired) electrons. The van der Waals surface area contributed by atoms with Crippen molar-refractivity contribution in [2.75, 3.05) is 0 Å². The van der Waals surface area contributed by atoms with Gasteiger partial charge in [-0.1, -0.05) is 13.0 Å². The second-order valence-electron chi connectivity index (χ2n) is 3.51. The van der Waals surface area contributed by atoms with Gasteiger partial charge in [0.15, 0.2) is 0 Å². The van der Waals surface area contributed by atoms with Gasteiger partial charge in [-0.15, -0.1) is 0 Å². The van der Waals surface area contributed by atoms with Crippen LogP contribution in [0.2, 0.25) is 0 Å². The molecular formula is C10H14N2. The molecule has 0 amide bonds. The summed E-state index contributed by atoms with van der Waals surface area (Å²) in [6, 6.07) is 2.05. The van der Waals surface area contributed by atoms with E-state index < -0.39 is 0 Å². The third-order valence-electron chi connectivity index (χ3n) is 2.45. The second kappa shape index (κ2) is 2.70. The predicted octanol–water partition coefficient (Wildman–Crippen LogP) is 0.292. The van der Waals surface area contributed by atoms with Gasteiger partial charge in [0, 0.05) is 22.5 Å². The SMILES string of the molecule is CC1C=c2[nH]ccc2=C(N)CC1. The molecular weight excluding hydrogens is 148 g/mol. The average molecular weight is 162 g/mol. The van der Waals surface area contributed by atoms with Crippen LogP contribution < -0.4 is 16.3 Å². The zero-order valence-corrected chi connectivity index (χ0v) is 7.30. The molecule has 0 aliphatic heterocycles.